The number of hydrogen-bond acceptors (Lipinski definition) is 1. The van der Waals surface area contributed by atoms with Crippen molar-refractivity contribution in [3.05, 3.63) is 0 Å². The summed E-state index contributed by atoms with van der Waals surface area (Å²) < 4.78 is 1.76. The summed E-state index contributed by atoms with van der Waals surface area (Å²) in [5.74, 6) is 0.501. The summed E-state index contributed by atoms with van der Waals surface area (Å²) in [7, 11) is 0. The molecule has 0 aromatic heterocycles. The van der Waals surface area contributed by atoms with Gasteiger partial charge in [-0.25, -0.2) is 0 Å². The van der Waals surface area contributed by atoms with Gasteiger partial charge >= 0.3 is 0 Å². The summed E-state index contributed by atoms with van der Waals surface area (Å²) in [6, 6.07) is 0. The average molecular weight is 372 g/mol. The third-order valence-corrected chi connectivity index (χ3v) is 3.35. The lowest BCUT2D eigenvalue weighted by atomic mass is 10.1. The molecule has 0 spiro atoms. The van der Waals surface area contributed by atoms with Crippen molar-refractivity contribution in [2.45, 2.75) is 0 Å². The Balaban J connectivity index is 3.64. The van der Waals surface area contributed by atoms with Crippen LogP contribution in [0.15, 0.2) is 0 Å². The zero-order chi connectivity index (χ0) is 7.28. The maximum Gasteiger partial charge on any atom is 0.152 e. The molecule has 0 heterocycles. The SMILES string of the molecule is O=C(CCl)C(CI)CI. The van der Waals surface area contributed by atoms with Gasteiger partial charge in [0.1, 0.15) is 0 Å². The summed E-state index contributed by atoms with van der Waals surface area (Å²) in [5, 5.41) is 0. The molecule has 0 aliphatic rings. The number of rotatable bonds is 4. The van der Waals surface area contributed by atoms with E-state index in [0.717, 1.165) is 8.86 Å². The van der Waals surface area contributed by atoms with Gasteiger partial charge < -0.3 is 0 Å². The quantitative estimate of drug-likeness (QED) is 0.547. The lowest BCUT2D eigenvalue weighted by Crippen LogP contribution is -2.18. The van der Waals surface area contributed by atoms with Crippen molar-refractivity contribution in [1.29, 1.82) is 0 Å². The van der Waals surface area contributed by atoms with Crippen LogP contribution in [-0.2, 0) is 4.79 Å². The standard InChI is InChI=1S/C5H7ClI2O/c6-1-5(9)4(2-7)3-8/h4H,1-3H2. The molecule has 0 aliphatic carbocycles. The lowest BCUT2D eigenvalue weighted by molar-refractivity contribution is -0.119. The Kier molecular flexibility index (Phi) is 7.12. The van der Waals surface area contributed by atoms with Crippen LogP contribution in [0.5, 0.6) is 0 Å². The maximum atomic E-state index is 10.8. The molecule has 0 aromatic rings. The Morgan fingerprint density at radius 3 is 2.00 bits per heavy atom. The first-order valence-electron chi connectivity index (χ1n) is 2.46. The Labute approximate surface area is 87.2 Å². The van der Waals surface area contributed by atoms with Gasteiger partial charge in [-0.15, -0.1) is 11.6 Å². The third-order valence-electron chi connectivity index (χ3n) is 0.960. The van der Waals surface area contributed by atoms with Crippen LogP contribution in [-0.4, -0.2) is 20.5 Å². The minimum Gasteiger partial charge on any atom is -0.298 e. The van der Waals surface area contributed by atoms with Crippen molar-refractivity contribution < 1.29 is 4.79 Å². The fraction of sp³-hybridized carbons (Fsp3) is 0.800. The van der Waals surface area contributed by atoms with Crippen molar-refractivity contribution in [2.24, 2.45) is 5.92 Å². The van der Waals surface area contributed by atoms with E-state index < -0.39 is 0 Å². The topological polar surface area (TPSA) is 17.1 Å². The predicted octanol–water partition coefficient (Wildman–Crippen LogP) is 2.28. The highest BCUT2D eigenvalue weighted by atomic mass is 127. The highest BCUT2D eigenvalue weighted by Gasteiger charge is 2.13. The normalized spacial score (nSPS) is 10.2. The molecule has 9 heavy (non-hydrogen) atoms. The van der Waals surface area contributed by atoms with Crippen molar-refractivity contribution in [3.63, 3.8) is 0 Å². The van der Waals surface area contributed by atoms with E-state index >= 15 is 0 Å². The van der Waals surface area contributed by atoms with Crippen molar-refractivity contribution in [2.75, 3.05) is 14.7 Å². The van der Waals surface area contributed by atoms with Gasteiger partial charge in [0.2, 0.25) is 0 Å². The monoisotopic (exact) mass is 372 g/mol. The van der Waals surface area contributed by atoms with Gasteiger partial charge in [0.05, 0.1) is 5.88 Å². The first-order valence-corrected chi connectivity index (χ1v) is 6.05. The van der Waals surface area contributed by atoms with E-state index in [0.29, 0.717) is 0 Å². The second-order valence-electron chi connectivity index (χ2n) is 1.61. The Morgan fingerprint density at radius 1 is 1.44 bits per heavy atom. The first-order chi connectivity index (χ1) is 4.26. The van der Waals surface area contributed by atoms with E-state index in [1.807, 2.05) is 0 Å². The molecule has 0 rings (SSSR count). The minimum atomic E-state index is 0.163. The van der Waals surface area contributed by atoms with E-state index in [4.69, 9.17) is 11.6 Å². The number of carbonyl (C=O) groups excluding carboxylic acids is 1. The van der Waals surface area contributed by atoms with Crippen LogP contribution < -0.4 is 0 Å². The molecule has 54 valence electrons. The molecule has 0 saturated carbocycles. The number of hydrogen-bond donors (Lipinski definition) is 0. The Bertz CT molecular complexity index is 93.0. The predicted molar refractivity (Wildman–Crippen MR) is 57.0 cm³/mol. The number of halogens is 3. The van der Waals surface area contributed by atoms with Gasteiger partial charge in [0, 0.05) is 14.8 Å². The second kappa shape index (κ2) is 6.15. The van der Waals surface area contributed by atoms with Gasteiger partial charge in [-0.2, -0.15) is 0 Å². The number of carbonyl (C=O) groups is 1. The number of ketones is 1. The van der Waals surface area contributed by atoms with Crippen LogP contribution in [0.3, 0.4) is 0 Å². The van der Waals surface area contributed by atoms with E-state index in [1.165, 1.54) is 0 Å². The molecule has 0 saturated heterocycles. The molecule has 0 N–H and O–H groups in total. The van der Waals surface area contributed by atoms with Crippen LogP contribution in [0, 0.1) is 5.92 Å². The molecule has 0 radical (unpaired) electrons. The molecule has 0 aliphatic heterocycles. The fourth-order valence-corrected chi connectivity index (χ4v) is 3.34. The molecule has 0 unspecified atom stereocenters. The molecule has 4 heteroatoms. The molecule has 0 amide bonds. The summed E-state index contributed by atoms with van der Waals surface area (Å²) in [4.78, 5) is 10.8. The van der Waals surface area contributed by atoms with Crippen molar-refractivity contribution in [3.8, 4) is 0 Å². The summed E-state index contributed by atoms with van der Waals surface area (Å²) >= 11 is 9.76. The highest BCUT2D eigenvalue weighted by Crippen LogP contribution is 2.08. The van der Waals surface area contributed by atoms with Gasteiger partial charge in [-0.1, -0.05) is 45.2 Å². The van der Waals surface area contributed by atoms with Crippen LogP contribution in [0.25, 0.3) is 0 Å². The maximum absolute atomic E-state index is 10.8. The first kappa shape index (κ1) is 10.4. The van der Waals surface area contributed by atoms with E-state index in [2.05, 4.69) is 45.2 Å². The molecule has 0 fully saturated rings. The van der Waals surface area contributed by atoms with E-state index in [9.17, 15) is 4.79 Å². The van der Waals surface area contributed by atoms with Gasteiger partial charge in [-0.3, -0.25) is 4.79 Å². The summed E-state index contributed by atoms with van der Waals surface area (Å²) in [6.45, 7) is 0. The van der Waals surface area contributed by atoms with Crippen LogP contribution in [0.4, 0.5) is 0 Å². The molecule has 0 atom stereocenters. The largest absolute Gasteiger partial charge is 0.298 e. The smallest absolute Gasteiger partial charge is 0.152 e. The molecular formula is C5H7ClI2O. The van der Waals surface area contributed by atoms with Crippen LogP contribution >= 0.6 is 56.8 Å². The third kappa shape index (κ3) is 3.98. The second-order valence-corrected chi connectivity index (χ2v) is 3.63. The van der Waals surface area contributed by atoms with Gasteiger partial charge in [0.25, 0.3) is 0 Å². The van der Waals surface area contributed by atoms with Crippen molar-refractivity contribution >= 4 is 62.6 Å². The van der Waals surface area contributed by atoms with Crippen LogP contribution in [0.1, 0.15) is 0 Å². The zero-order valence-electron chi connectivity index (χ0n) is 4.74. The van der Waals surface area contributed by atoms with Gasteiger partial charge in [0.15, 0.2) is 5.78 Å². The van der Waals surface area contributed by atoms with Crippen molar-refractivity contribution in [1.82, 2.24) is 0 Å². The lowest BCUT2D eigenvalue weighted by Gasteiger charge is -2.04. The minimum absolute atomic E-state index is 0.163. The number of Topliss-reactive ketones (excluding diaryl/α,β-unsaturated/α-hetero) is 1. The van der Waals surface area contributed by atoms with Crippen LogP contribution in [0.2, 0.25) is 0 Å². The Hall–Kier alpha value is 1.42. The van der Waals surface area contributed by atoms with E-state index in [1.54, 1.807) is 0 Å². The number of alkyl halides is 3. The summed E-state index contributed by atoms with van der Waals surface area (Å²) in [6.07, 6.45) is 0. The average Bonchev–Trinajstić information content (AvgIpc) is 1.90. The van der Waals surface area contributed by atoms with E-state index in [-0.39, 0.29) is 17.6 Å². The molecule has 0 aromatic carbocycles. The zero-order valence-corrected chi connectivity index (χ0v) is 9.81. The summed E-state index contributed by atoms with van der Waals surface area (Å²) in [5.41, 5.74) is 0. The Morgan fingerprint density at radius 2 is 1.89 bits per heavy atom. The molecule has 1 nitrogen and oxygen atoms in total. The molecule has 0 bridgehead atoms. The fourth-order valence-electron chi connectivity index (χ4n) is 0.322. The highest BCUT2D eigenvalue weighted by molar-refractivity contribution is 14.1. The van der Waals surface area contributed by atoms with Gasteiger partial charge in [-0.05, 0) is 0 Å². The molecular weight excluding hydrogens is 365 g/mol.